The van der Waals surface area contributed by atoms with Crippen LogP contribution < -0.4 is 11.1 Å². The summed E-state index contributed by atoms with van der Waals surface area (Å²) in [4.78, 5) is 22.3. The summed E-state index contributed by atoms with van der Waals surface area (Å²) in [6.45, 7) is 3.73. The van der Waals surface area contributed by atoms with E-state index in [0.717, 1.165) is 0 Å². The Morgan fingerprint density at radius 2 is 2.22 bits per heavy atom. The van der Waals surface area contributed by atoms with Crippen LogP contribution in [-0.4, -0.2) is 32.3 Å². The van der Waals surface area contributed by atoms with Gasteiger partial charge in [-0.25, -0.2) is 4.79 Å². The number of carbonyl (C=O) groups excluding carboxylic acids is 1. The highest BCUT2D eigenvalue weighted by molar-refractivity contribution is 5.88. The van der Waals surface area contributed by atoms with Gasteiger partial charge in [0, 0.05) is 13.6 Å². The molecule has 1 aromatic heterocycles. The largest absolute Gasteiger partial charge is 0.478 e. The van der Waals surface area contributed by atoms with Crippen LogP contribution in [0.25, 0.3) is 0 Å². The second-order valence-electron chi connectivity index (χ2n) is 4.34. The number of nitrogens with two attached hydrogens (primary N) is 1. The van der Waals surface area contributed by atoms with Crippen LogP contribution in [0.2, 0.25) is 0 Å². The number of amides is 1. The number of aromatic nitrogens is 2. The van der Waals surface area contributed by atoms with E-state index in [1.54, 1.807) is 14.0 Å². The zero-order chi connectivity index (χ0) is 13.9. The Morgan fingerprint density at radius 1 is 1.61 bits per heavy atom. The molecular formula is C11H18N4O3. The minimum absolute atomic E-state index is 0.118. The lowest BCUT2D eigenvalue weighted by atomic mass is 9.98. The first-order valence-electron chi connectivity index (χ1n) is 5.61. The molecule has 1 atom stereocenters. The van der Waals surface area contributed by atoms with Gasteiger partial charge in [0.1, 0.15) is 5.56 Å². The molecule has 4 N–H and O–H groups in total. The summed E-state index contributed by atoms with van der Waals surface area (Å²) in [6, 6.07) is 0. The summed E-state index contributed by atoms with van der Waals surface area (Å²) in [5.74, 6) is -1.51. The lowest BCUT2D eigenvalue weighted by Gasteiger charge is -2.26. The summed E-state index contributed by atoms with van der Waals surface area (Å²) in [5.41, 5.74) is 5.08. The number of rotatable bonds is 6. The van der Waals surface area contributed by atoms with Crippen LogP contribution >= 0.6 is 0 Å². The van der Waals surface area contributed by atoms with E-state index in [-0.39, 0.29) is 12.1 Å². The molecule has 1 rings (SSSR count). The number of hydrogen-bond donors (Lipinski definition) is 3. The number of carboxylic acid groups (broad SMARTS) is 1. The molecule has 18 heavy (non-hydrogen) atoms. The standard InChI is InChI=1S/C11H18N4O3/c1-4-11(2,10(12)18)13-6-8-7(9(16)17)5-14-15(8)3/h5,13H,4,6H2,1-3H3,(H2,12,18)(H,16,17). The second kappa shape index (κ2) is 5.18. The van der Waals surface area contributed by atoms with Gasteiger partial charge in [0.25, 0.3) is 0 Å². The molecule has 0 radical (unpaired) electrons. The fourth-order valence-electron chi connectivity index (χ4n) is 1.52. The molecule has 1 amide bonds. The van der Waals surface area contributed by atoms with E-state index < -0.39 is 17.4 Å². The molecule has 0 aromatic carbocycles. The summed E-state index contributed by atoms with van der Waals surface area (Å²) >= 11 is 0. The smallest absolute Gasteiger partial charge is 0.339 e. The van der Waals surface area contributed by atoms with Crippen molar-refractivity contribution in [2.45, 2.75) is 32.4 Å². The zero-order valence-corrected chi connectivity index (χ0v) is 10.7. The molecule has 0 fully saturated rings. The monoisotopic (exact) mass is 254 g/mol. The summed E-state index contributed by atoms with van der Waals surface area (Å²) in [5, 5.41) is 15.9. The van der Waals surface area contributed by atoms with Gasteiger partial charge in [-0.2, -0.15) is 5.10 Å². The van der Waals surface area contributed by atoms with Gasteiger partial charge < -0.3 is 10.8 Å². The predicted molar refractivity (Wildman–Crippen MR) is 64.9 cm³/mol. The number of primary amides is 1. The number of carbonyl (C=O) groups is 2. The van der Waals surface area contributed by atoms with Gasteiger partial charge in [-0.05, 0) is 13.3 Å². The molecule has 1 aromatic rings. The van der Waals surface area contributed by atoms with Gasteiger partial charge in [-0.15, -0.1) is 0 Å². The van der Waals surface area contributed by atoms with Gasteiger partial charge in [-0.3, -0.25) is 14.8 Å². The summed E-state index contributed by atoms with van der Waals surface area (Å²) in [7, 11) is 1.65. The first-order valence-corrected chi connectivity index (χ1v) is 5.61. The highest BCUT2D eigenvalue weighted by atomic mass is 16.4. The number of aryl methyl sites for hydroxylation is 1. The van der Waals surface area contributed by atoms with E-state index in [2.05, 4.69) is 10.4 Å². The third-order valence-electron chi connectivity index (χ3n) is 3.19. The van der Waals surface area contributed by atoms with Gasteiger partial charge in [0.15, 0.2) is 0 Å². The Kier molecular flexibility index (Phi) is 4.07. The Labute approximate surface area is 105 Å². The zero-order valence-electron chi connectivity index (χ0n) is 10.7. The van der Waals surface area contributed by atoms with Crippen LogP contribution in [0.4, 0.5) is 0 Å². The molecule has 1 heterocycles. The lowest BCUT2D eigenvalue weighted by Crippen LogP contribution is -2.52. The van der Waals surface area contributed by atoms with Crippen LogP contribution in [0.15, 0.2) is 6.20 Å². The Balaban J connectivity index is 2.89. The van der Waals surface area contributed by atoms with Crippen molar-refractivity contribution >= 4 is 11.9 Å². The SMILES string of the molecule is CCC(C)(NCc1c(C(=O)O)cnn1C)C(N)=O. The summed E-state index contributed by atoms with van der Waals surface area (Å²) < 4.78 is 1.47. The molecular weight excluding hydrogens is 236 g/mol. The summed E-state index contributed by atoms with van der Waals surface area (Å²) in [6.07, 6.45) is 1.80. The van der Waals surface area contributed by atoms with Crippen molar-refractivity contribution in [3.8, 4) is 0 Å². The van der Waals surface area contributed by atoms with E-state index in [4.69, 9.17) is 10.8 Å². The van der Waals surface area contributed by atoms with Crippen LogP contribution in [0.5, 0.6) is 0 Å². The van der Waals surface area contributed by atoms with Gasteiger partial charge in [0.05, 0.1) is 17.4 Å². The van der Waals surface area contributed by atoms with E-state index in [9.17, 15) is 9.59 Å². The average molecular weight is 254 g/mol. The maximum atomic E-state index is 11.3. The molecule has 0 bridgehead atoms. The average Bonchev–Trinajstić information content (AvgIpc) is 2.67. The molecule has 0 saturated carbocycles. The quantitative estimate of drug-likeness (QED) is 0.654. The predicted octanol–water partition coefficient (Wildman–Crippen LogP) is -0.138. The fraction of sp³-hybridized carbons (Fsp3) is 0.545. The molecule has 0 aliphatic carbocycles. The van der Waals surface area contributed by atoms with Crippen molar-refractivity contribution in [2.75, 3.05) is 0 Å². The Morgan fingerprint density at radius 3 is 2.67 bits per heavy atom. The second-order valence-corrected chi connectivity index (χ2v) is 4.34. The number of nitrogens with one attached hydrogen (secondary N) is 1. The van der Waals surface area contributed by atoms with Crippen molar-refractivity contribution in [3.05, 3.63) is 17.5 Å². The topological polar surface area (TPSA) is 110 Å². The number of aromatic carboxylic acids is 1. The minimum Gasteiger partial charge on any atom is -0.478 e. The van der Waals surface area contributed by atoms with Gasteiger partial charge in [0.2, 0.25) is 5.91 Å². The van der Waals surface area contributed by atoms with Gasteiger partial charge in [-0.1, -0.05) is 6.92 Å². The molecule has 0 spiro atoms. The number of hydrogen-bond acceptors (Lipinski definition) is 4. The first kappa shape index (κ1) is 14.2. The maximum absolute atomic E-state index is 11.3. The van der Waals surface area contributed by atoms with Crippen molar-refractivity contribution in [1.29, 1.82) is 0 Å². The lowest BCUT2D eigenvalue weighted by molar-refractivity contribution is -0.124. The van der Waals surface area contributed by atoms with E-state index in [1.165, 1.54) is 10.9 Å². The highest BCUT2D eigenvalue weighted by Crippen LogP contribution is 2.12. The first-order chi connectivity index (χ1) is 8.31. The number of nitrogens with zero attached hydrogens (tertiary/aromatic N) is 2. The molecule has 0 aliphatic rings. The van der Waals surface area contributed by atoms with Crippen molar-refractivity contribution in [1.82, 2.24) is 15.1 Å². The van der Waals surface area contributed by atoms with E-state index >= 15 is 0 Å². The molecule has 0 saturated heterocycles. The van der Waals surface area contributed by atoms with Crippen molar-refractivity contribution in [2.24, 2.45) is 12.8 Å². The van der Waals surface area contributed by atoms with E-state index in [0.29, 0.717) is 12.1 Å². The molecule has 7 heteroatoms. The van der Waals surface area contributed by atoms with Gasteiger partial charge >= 0.3 is 5.97 Å². The third kappa shape index (κ3) is 2.67. The van der Waals surface area contributed by atoms with Crippen molar-refractivity contribution in [3.63, 3.8) is 0 Å². The Hall–Kier alpha value is -1.89. The van der Waals surface area contributed by atoms with Crippen LogP contribution in [-0.2, 0) is 18.4 Å². The van der Waals surface area contributed by atoms with Crippen LogP contribution in [0.1, 0.15) is 36.3 Å². The van der Waals surface area contributed by atoms with Crippen LogP contribution in [0, 0.1) is 0 Å². The van der Waals surface area contributed by atoms with E-state index in [1.807, 2.05) is 6.92 Å². The normalized spacial score (nSPS) is 14.2. The van der Waals surface area contributed by atoms with Crippen LogP contribution in [0.3, 0.4) is 0 Å². The Bertz CT molecular complexity index is 469. The minimum atomic E-state index is -1.04. The maximum Gasteiger partial charge on any atom is 0.339 e. The van der Waals surface area contributed by atoms with Crippen molar-refractivity contribution < 1.29 is 14.7 Å². The molecule has 1 unspecified atom stereocenters. The highest BCUT2D eigenvalue weighted by Gasteiger charge is 2.29. The molecule has 7 nitrogen and oxygen atoms in total. The fourth-order valence-corrected chi connectivity index (χ4v) is 1.52. The number of carboxylic acids is 1. The molecule has 0 aliphatic heterocycles. The third-order valence-corrected chi connectivity index (χ3v) is 3.19. The molecule has 100 valence electrons.